The minimum absolute atomic E-state index is 0.158. The number of aromatic nitrogens is 1. The van der Waals surface area contributed by atoms with Crippen molar-refractivity contribution >= 4 is 11.3 Å². The molecule has 0 spiro atoms. The lowest BCUT2D eigenvalue weighted by atomic mass is 10.0. The Morgan fingerprint density at radius 3 is 2.71 bits per heavy atom. The quantitative estimate of drug-likeness (QED) is 0.816. The Hall–Kier alpha value is -0.410. The van der Waals surface area contributed by atoms with Crippen LogP contribution in [-0.2, 0) is 6.42 Å². The predicted octanol–water partition coefficient (Wildman–Crippen LogP) is 2.79. The lowest BCUT2D eigenvalue weighted by Crippen LogP contribution is -2.14. The van der Waals surface area contributed by atoms with Crippen molar-refractivity contribution in [3.05, 3.63) is 16.1 Å². The Morgan fingerprint density at radius 2 is 2.21 bits per heavy atom. The molecule has 0 bridgehead atoms. The molecule has 1 aromatic heterocycles. The van der Waals surface area contributed by atoms with Gasteiger partial charge in [-0.25, -0.2) is 4.98 Å². The van der Waals surface area contributed by atoms with E-state index in [0.29, 0.717) is 5.92 Å². The highest BCUT2D eigenvalue weighted by molar-refractivity contribution is 7.09. The number of nitrogens with zero attached hydrogens (tertiary/aromatic N) is 1. The summed E-state index contributed by atoms with van der Waals surface area (Å²) in [7, 11) is 0. The van der Waals surface area contributed by atoms with Crippen molar-refractivity contribution in [3.63, 3.8) is 0 Å². The molecule has 1 heterocycles. The van der Waals surface area contributed by atoms with E-state index in [-0.39, 0.29) is 6.10 Å². The Kier molecular flexibility index (Phi) is 4.55. The van der Waals surface area contributed by atoms with E-state index in [1.165, 1.54) is 5.69 Å². The molecular weight excluding hydrogens is 194 g/mol. The summed E-state index contributed by atoms with van der Waals surface area (Å²) in [6, 6.07) is 0. The molecule has 1 aromatic rings. The average Bonchev–Trinajstić information content (AvgIpc) is 2.51. The van der Waals surface area contributed by atoms with Crippen LogP contribution in [0.1, 0.15) is 37.4 Å². The van der Waals surface area contributed by atoms with E-state index in [2.05, 4.69) is 24.2 Å². The monoisotopic (exact) mass is 213 g/mol. The highest BCUT2D eigenvalue weighted by Crippen LogP contribution is 2.13. The first kappa shape index (κ1) is 11.7. The highest BCUT2D eigenvalue weighted by atomic mass is 32.1. The number of aryl methyl sites for hydroxylation is 2. The molecule has 1 rings (SSSR count). The molecule has 0 aliphatic heterocycles. The van der Waals surface area contributed by atoms with Gasteiger partial charge in [-0.2, -0.15) is 0 Å². The number of hydrogen-bond acceptors (Lipinski definition) is 3. The summed E-state index contributed by atoms with van der Waals surface area (Å²) in [6.45, 7) is 6.13. The molecule has 80 valence electrons. The van der Waals surface area contributed by atoms with Crippen molar-refractivity contribution in [2.75, 3.05) is 0 Å². The standard InChI is InChI=1S/C11H19NOS/c1-8(2)11(13)6-4-5-10-7-14-9(3)12-10/h7-8,11,13H,4-6H2,1-3H3. The second-order valence-electron chi connectivity index (χ2n) is 4.06. The molecule has 3 heteroatoms. The van der Waals surface area contributed by atoms with E-state index in [1.807, 2.05) is 6.92 Å². The minimum atomic E-state index is -0.158. The minimum Gasteiger partial charge on any atom is -0.393 e. The normalized spacial score (nSPS) is 13.5. The van der Waals surface area contributed by atoms with E-state index in [9.17, 15) is 5.11 Å². The van der Waals surface area contributed by atoms with Gasteiger partial charge in [0.25, 0.3) is 0 Å². The molecule has 0 radical (unpaired) electrons. The first-order valence-electron chi connectivity index (χ1n) is 5.18. The van der Waals surface area contributed by atoms with E-state index >= 15 is 0 Å². The zero-order valence-electron chi connectivity index (χ0n) is 9.16. The third-order valence-corrected chi connectivity index (χ3v) is 3.19. The van der Waals surface area contributed by atoms with E-state index in [4.69, 9.17) is 0 Å². The molecule has 0 fully saturated rings. The van der Waals surface area contributed by atoms with Crippen LogP contribution in [0.25, 0.3) is 0 Å². The SMILES string of the molecule is Cc1nc(CCCC(O)C(C)C)cs1. The molecule has 0 amide bonds. The summed E-state index contributed by atoms with van der Waals surface area (Å²) >= 11 is 1.70. The zero-order valence-corrected chi connectivity index (χ0v) is 9.97. The fourth-order valence-electron chi connectivity index (χ4n) is 1.35. The number of rotatable bonds is 5. The third kappa shape index (κ3) is 3.76. The van der Waals surface area contributed by atoms with Gasteiger partial charge < -0.3 is 5.11 Å². The van der Waals surface area contributed by atoms with Gasteiger partial charge in [-0.05, 0) is 32.1 Å². The van der Waals surface area contributed by atoms with Gasteiger partial charge in [0.15, 0.2) is 0 Å². The van der Waals surface area contributed by atoms with Crippen molar-refractivity contribution in [1.82, 2.24) is 4.98 Å². The second kappa shape index (κ2) is 5.47. The fourth-order valence-corrected chi connectivity index (χ4v) is 2.00. The molecule has 0 saturated carbocycles. The zero-order chi connectivity index (χ0) is 10.6. The third-order valence-electron chi connectivity index (χ3n) is 2.37. The van der Waals surface area contributed by atoms with Crippen LogP contribution in [0.2, 0.25) is 0 Å². The molecule has 0 aromatic carbocycles. The van der Waals surface area contributed by atoms with E-state index < -0.39 is 0 Å². The van der Waals surface area contributed by atoms with Gasteiger partial charge in [-0.1, -0.05) is 13.8 Å². The number of aliphatic hydroxyl groups excluding tert-OH is 1. The predicted molar refractivity (Wildman–Crippen MR) is 60.6 cm³/mol. The van der Waals surface area contributed by atoms with Crippen LogP contribution >= 0.6 is 11.3 Å². The number of aliphatic hydroxyl groups is 1. The molecule has 14 heavy (non-hydrogen) atoms. The lowest BCUT2D eigenvalue weighted by Gasteiger charge is -2.13. The molecule has 1 N–H and O–H groups in total. The van der Waals surface area contributed by atoms with Crippen LogP contribution in [0.15, 0.2) is 5.38 Å². The van der Waals surface area contributed by atoms with Gasteiger partial charge in [0.1, 0.15) is 0 Å². The smallest absolute Gasteiger partial charge is 0.0897 e. The van der Waals surface area contributed by atoms with Crippen LogP contribution in [0.5, 0.6) is 0 Å². The molecule has 0 saturated heterocycles. The maximum absolute atomic E-state index is 9.59. The van der Waals surface area contributed by atoms with Gasteiger partial charge in [-0.15, -0.1) is 11.3 Å². The number of thiazole rings is 1. The van der Waals surface area contributed by atoms with E-state index in [0.717, 1.165) is 24.3 Å². The van der Waals surface area contributed by atoms with Crippen molar-refractivity contribution < 1.29 is 5.11 Å². The molecule has 0 aliphatic carbocycles. The summed E-state index contributed by atoms with van der Waals surface area (Å²) in [5.41, 5.74) is 1.17. The van der Waals surface area contributed by atoms with Crippen molar-refractivity contribution in [2.45, 2.75) is 46.1 Å². The van der Waals surface area contributed by atoms with Gasteiger partial charge in [0, 0.05) is 5.38 Å². The fraction of sp³-hybridized carbons (Fsp3) is 0.727. The Balaban J connectivity index is 2.22. The Bertz CT molecular complexity index is 270. The van der Waals surface area contributed by atoms with Crippen LogP contribution in [0.3, 0.4) is 0 Å². The highest BCUT2D eigenvalue weighted by Gasteiger charge is 2.08. The van der Waals surface area contributed by atoms with Crippen LogP contribution in [0.4, 0.5) is 0 Å². The lowest BCUT2D eigenvalue weighted by molar-refractivity contribution is 0.114. The molecular formula is C11H19NOS. The summed E-state index contributed by atoms with van der Waals surface area (Å²) in [5.74, 6) is 0.368. The first-order valence-corrected chi connectivity index (χ1v) is 6.06. The molecule has 1 unspecified atom stereocenters. The van der Waals surface area contributed by atoms with Gasteiger partial charge in [0.2, 0.25) is 0 Å². The second-order valence-corrected chi connectivity index (χ2v) is 5.12. The van der Waals surface area contributed by atoms with Crippen molar-refractivity contribution in [2.24, 2.45) is 5.92 Å². The molecule has 2 nitrogen and oxygen atoms in total. The summed E-state index contributed by atoms with van der Waals surface area (Å²) in [5, 5.41) is 12.8. The Morgan fingerprint density at radius 1 is 1.50 bits per heavy atom. The maximum atomic E-state index is 9.59. The van der Waals surface area contributed by atoms with Gasteiger partial charge in [-0.3, -0.25) is 0 Å². The maximum Gasteiger partial charge on any atom is 0.0897 e. The van der Waals surface area contributed by atoms with Crippen molar-refractivity contribution in [1.29, 1.82) is 0 Å². The van der Waals surface area contributed by atoms with Crippen LogP contribution in [0, 0.1) is 12.8 Å². The average molecular weight is 213 g/mol. The summed E-state index contributed by atoms with van der Waals surface area (Å²) in [6.07, 6.45) is 2.75. The van der Waals surface area contributed by atoms with Gasteiger partial charge >= 0.3 is 0 Å². The van der Waals surface area contributed by atoms with Crippen LogP contribution < -0.4 is 0 Å². The molecule has 1 atom stereocenters. The largest absolute Gasteiger partial charge is 0.393 e. The Labute approximate surface area is 90.0 Å². The molecule has 0 aliphatic rings. The number of hydrogen-bond donors (Lipinski definition) is 1. The van der Waals surface area contributed by atoms with Crippen molar-refractivity contribution in [3.8, 4) is 0 Å². The topological polar surface area (TPSA) is 33.1 Å². The van der Waals surface area contributed by atoms with E-state index in [1.54, 1.807) is 11.3 Å². The van der Waals surface area contributed by atoms with Crippen LogP contribution in [-0.4, -0.2) is 16.2 Å². The summed E-state index contributed by atoms with van der Waals surface area (Å²) in [4.78, 5) is 4.39. The van der Waals surface area contributed by atoms with Gasteiger partial charge in [0.05, 0.1) is 16.8 Å². The summed E-state index contributed by atoms with van der Waals surface area (Å²) < 4.78 is 0. The first-order chi connectivity index (χ1) is 6.59.